The maximum atomic E-state index is 5.07. The molecular weight excluding hydrogens is 739 g/mol. The van der Waals surface area contributed by atoms with E-state index in [1.165, 1.54) is 76.4 Å². The molecule has 3 nitrogen and oxygen atoms in total. The fourth-order valence-corrected chi connectivity index (χ4v) is 9.08. The van der Waals surface area contributed by atoms with E-state index in [2.05, 4.69) is 205 Å². The third kappa shape index (κ3) is 6.14. The molecule has 2 heterocycles. The smallest absolute Gasteiger partial charge is 0.160 e. The van der Waals surface area contributed by atoms with E-state index in [4.69, 9.17) is 9.97 Å². The molecule has 0 spiro atoms. The van der Waals surface area contributed by atoms with Gasteiger partial charge in [0.25, 0.3) is 0 Å². The lowest BCUT2D eigenvalue weighted by atomic mass is 9.95. The van der Waals surface area contributed by atoms with E-state index in [1.54, 1.807) is 0 Å². The summed E-state index contributed by atoms with van der Waals surface area (Å²) in [6, 6.07) is 80.6. The summed E-state index contributed by atoms with van der Waals surface area (Å²) in [4.78, 5) is 10.1. The van der Waals surface area contributed by atoms with Gasteiger partial charge in [-0.3, -0.25) is 0 Å². The minimum Gasteiger partial charge on any atom is -0.309 e. The van der Waals surface area contributed by atoms with E-state index in [1.807, 2.05) is 24.3 Å². The molecule has 0 aliphatic carbocycles. The van der Waals surface area contributed by atoms with Crippen LogP contribution in [0, 0.1) is 0 Å². The molecule has 12 rings (SSSR count). The molecule has 0 bridgehead atoms. The predicted octanol–water partition coefficient (Wildman–Crippen LogP) is 15.4. The van der Waals surface area contributed by atoms with Gasteiger partial charge in [-0.05, 0) is 109 Å². The van der Waals surface area contributed by atoms with E-state index in [9.17, 15) is 0 Å². The van der Waals surface area contributed by atoms with Crippen molar-refractivity contribution in [2.45, 2.75) is 0 Å². The predicted molar refractivity (Wildman–Crippen MR) is 256 cm³/mol. The molecule has 3 heteroatoms. The van der Waals surface area contributed by atoms with Gasteiger partial charge in [0, 0.05) is 33.2 Å². The second-order valence-corrected chi connectivity index (χ2v) is 15.8. The van der Waals surface area contributed by atoms with E-state index in [0.29, 0.717) is 5.82 Å². The Hall–Kier alpha value is -8.14. The molecular formula is C58H37N3. The number of aromatic nitrogens is 3. The number of para-hydroxylation sites is 1. The normalized spacial score (nSPS) is 11.6. The maximum Gasteiger partial charge on any atom is 0.160 e. The van der Waals surface area contributed by atoms with Crippen molar-refractivity contribution in [3.05, 3.63) is 224 Å². The van der Waals surface area contributed by atoms with Gasteiger partial charge >= 0.3 is 0 Å². The van der Waals surface area contributed by atoms with E-state index in [-0.39, 0.29) is 0 Å². The molecule has 284 valence electrons. The lowest BCUT2D eigenvalue weighted by Crippen LogP contribution is -1.97. The van der Waals surface area contributed by atoms with Gasteiger partial charge in [-0.2, -0.15) is 0 Å². The number of rotatable bonds is 6. The van der Waals surface area contributed by atoms with Crippen molar-refractivity contribution in [3.63, 3.8) is 0 Å². The van der Waals surface area contributed by atoms with Crippen LogP contribution in [0.2, 0.25) is 0 Å². The van der Waals surface area contributed by atoms with E-state index >= 15 is 0 Å². The zero-order chi connectivity index (χ0) is 40.3. The fourth-order valence-electron chi connectivity index (χ4n) is 9.08. The molecule has 12 aromatic rings. The highest BCUT2D eigenvalue weighted by molar-refractivity contribution is 6.21. The molecule has 0 fully saturated rings. The molecule has 0 aliphatic rings. The summed E-state index contributed by atoms with van der Waals surface area (Å²) in [6.45, 7) is 0. The van der Waals surface area contributed by atoms with Crippen LogP contribution < -0.4 is 0 Å². The maximum absolute atomic E-state index is 5.07. The van der Waals surface area contributed by atoms with Crippen molar-refractivity contribution in [2.75, 3.05) is 0 Å². The molecule has 0 saturated carbocycles. The molecule has 61 heavy (non-hydrogen) atoms. The summed E-state index contributed by atoms with van der Waals surface area (Å²) >= 11 is 0. The third-order valence-electron chi connectivity index (χ3n) is 12.2. The lowest BCUT2D eigenvalue weighted by molar-refractivity contribution is 1.17. The molecule has 0 unspecified atom stereocenters. The summed E-state index contributed by atoms with van der Waals surface area (Å²) in [5.41, 5.74) is 13.2. The Morgan fingerprint density at radius 3 is 1.43 bits per heavy atom. The van der Waals surface area contributed by atoms with Crippen LogP contribution in [0.5, 0.6) is 0 Å². The first-order valence-corrected chi connectivity index (χ1v) is 20.8. The molecule has 0 amide bonds. The summed E-state index contributed by atoms with van der Waals surface area (Å²) in [6.07, 6.45) is 0. The summed E-state index contributed by atoms with van der Waals surface area (Å²) in [7, 11) is 0. The van der Waals surface area contributed by atoms with Crippen LogP contribution in [0.3, 0.4) is 0 Å². The van der Waals surface area contributed by atoms with Crippen molar-refractivity contribution < 1.29 is 0 Å². The van der Waals surface area contributed by atoms with Crippen LogP contribution in [0.1, 0.15) is 0 Å². The number of benzene rings is 10. The Morgan fingerprint density at radius 1 is 0.279 bits per heavy atom. The first kappa shape index (κ1) is 34.9. The lowest BCUT2D eigenvalue weighted by Gasteiger charge is -2.12. The van der Waals surface area contributed by atoms with Crippen LogP contribution in [-0.4, -0.2) is 14.5 Å². The van der Waals surface area contributed by atoms with Crippen LogP contribution in [0.15, 0.2) is 224 Å². The largest absolute Gasteiger partial charge is 0.309 e. The van der Waals surface area contributed by atoms with Crippen LogP contribution in [0.25, 0.3) is 116 Å². The second-order valence-electron chi connectivity index (χ2n) is 15.8. The average molecular weight is 776 g/mol. The third-order valence-corrected chi connectivity index (χ3v) is 12.2. The number of fused-ring (bicyclic) bond motifs is 7. The molecule has 0 atom stereocenters. The Balaban J connectivity index is 0.904. The number of hydrogen-bond donors (Lipinski definition) is 0. The van der Waals surface area contributed by atoms with Crippen molar-refractivity contribution in [3.8, 4) is 61.8 Å². The van der Waals surface area contributed by atoms with Gasteiger partial charge in [-0.1, -0.05) is 170 Å². The highest BCUT2D eigenvalue weighted by atomic mass is 15.0. The van der Waals surface area contributed by atoms with Gasteiger partial charge in [0.1, 0.15) is 0 Å². The SMILES string of the molecule is c1ccc(-c2cc(-c3ccc(-n4c5ccccc5c5c6ccc(-c7ccc8cc(-c9ccc%10ccccc%10c9)ccc8c7)cc6ccc54)cc3)nc(-c3ccccc3)n2)cc1. The van der Waals surface area contributed by atoms with Gasteiger partial charge in [0.05, 0.1) is 22.4 Å². The minimum absolute atomic E-state index is 0.713. The second kappa shape index (κ2) is 14.3. The van der Waals surface area contributed by atoms with Gasteiger partial charge in [0.2, 0.25) is 0 Å². The Labute approximate surface area is 353 Å². The molecule has 0 N–H and O–H groups in total. The van der Waals surface area contributed by atoms with Crippen LogP contribution in [-0.2, 0) is 0 Å². The van der Waals surface area contributed by atoms with Crippen molar-refractivity contribution in [1.82, 2.24) is 14.5 Å². The number of nitrogens with zero attached hydrogens (tertiary/aromatic N) is 3. The van der Waals surface area contributed by atoms with Crippen LogP contribution in [0.4, 0.5) is 0 Å². The summed E-state index contributed by atoms with van der Waals surface area (Å²) < 4.78 is 2.39. The van der Waals surface area contributed by atoms with Gasteiger partial charge in [-0.15, -0.1) is 0 Å². The monoisotopic (exact) mass is 775 g/mol. The fraction of sp³-hybridized carbons (Fsp3) is 0. The van der Waals surface area contributed by atoms with Gasteiger partial charge < -0.3 is 4.57 Å². The Morgan fingerprint density at radius 2 is 0.754 bits per heavy atom. The summed E-state index contributed by atoms with van der Waals surface area (Å²) in [5, 5.41) is 9.97. The zero-order valence-electron chi connectivity index (χ0n) is 33.2. The van der Waals surface area contributed by atoms with Gasteiger partial charge in [-0.25, -0.2) is 9.97 Å². The first-order chi connectivity index (χ1) is 30.2. The molecule has 0 radical (unpaired) electrons. The van der Waals surface area contributed by atoms with E-state index in [0.717, 1.165) is 33.8 Å². The topological polar surface area (TPSA) is 30.7 Å². The highest BCUT2D eigenvalue weighted by Crippen LogP contribution is 2.39. The van der Waals surface area contributed by atoms with Crippen molar-refractivity contribution in [2.24, 2.45) is 0 Å². The quantitative estimate of drug-likeness (QED) is 0.168. The molecule has 0 saturated heterocycles. The van der Waals surface area contributed by atoms with Gasteiger partial charge in [0.15, 0.2) is 5.82 Å². The Kier molecular flexibility index (Phi) is 8.17. The first-order valence-electron chi connectivity index (χ1n) is 20.8. The van der Waals surface area contributed by atoms with Crippen molar-refractivity contribution >= 4 is 54.1 Å². The highest BCUT2D eigenvalue weighted by Gasteiger charge is 2.17. The van der Waals surface area contributed by atoms with Crippen LogP contribution >= 0.6 is 0 Å². The molecule has 10 aromatic carbocycles. The Bertz CT molecular complexity index is 3570. The average Bonchev–Trinajstić information content (AvgIpc) is 3.68. The standard InChI is InChI=1S/C58H37N3/c1-3-12-39(13-4-1)53-37-54(60-58(59-53)41-14-5-2-6-15-41)40-25-29-50(30-26-40)61-55-18-10-9-17-52(55)57-51-31-27-48(36-49(51)28-32-56(57)61)47-24-23-45-34-44(21-22-46(45)35-47)43-20-19-38-11-7-8-16-42(38)33-43/h1-37H. The summed E-state index contributed by atoms with van der Waals surface area (Å²) in [5.74, 6) is 0.713. The molecule has 2 aromatic heterocycles. The zero-order valence-corrected chi connectivity index (χ0v) is 33.2. The van der Waals surface area contributed by atoms with Crippen molar-refractivity contribution in [1.29, 1.82) is 0 Å². The number of hydrogen-bond acceptors (Lipinski definition) is 2. The minimum atomic E-state index is 0.713. The van der Waals surface area contributed by atoms with E-state index < -0.39 is 0 Å². The molecule has 0 aliphatic heterocycles.